The van der Waals surface area contributed by atoms with Crippen LogP contribution >= 0.6 is 0 Å². The largest absolute Gasteiger partial charge is 0.493 e. The van der Waals surface area contributed by atoms with Crippen LogP contribution in [0.25, 0.3) is 0 Å². The molecule has 0 aliphatic rings. The molecule has 0 radical (unpaired) electrons. The molecule has 1 rings (SSSR count). The van der Waals surface area contributed by atoms with Gasteiger partial charge in [0.2, 0.25) is 0 Å². The molecule has 0 aliphatic carbocycles. The zero-order valence-corrected chi connectivity index (χ0v) is 11.3. The molecule has 1 unspecified atom stereocenters. The van der Waals surface area contributed by atoms with Gasteiger partial charge in [-0.15, -0.1) is 0 Å². The van der Waals surface area contributed by atoms with Crippen molar-refractivity contribution in [3.63, 3.8) is 0 Å². The minimum absolute atomic E-state index is 0.0393. The number of hydrogen-bond donors (Lipinski definition) is 1. The van der Waals surface area contributed by atoms with Gasteiger partial charge in [-0.2, -0.15) is 0 Å². The van der Waals surface area contributed by atoms with Gasteiger partial charge in [0.1, 0.15) is 0 Å². The van der Waals surface area contributed by atoms with Crippen molar-refractivity contribution in [1.82, 2.24) is 0 Å². The van der Waals surface area contributed by atoms with Gasteiger partial charge in [0.05, 0.1) is 14.2 Å². The molecule has 1 N–H and O–H groups in total. The van der Waals surface area contributed by atoms with Gasteiger partial charge < -0.3 is 14.6 Å². The van der Waals surface area contributed by atoms with Gasteiger partial charge in [-0.25, -0.2) is 0 Å². The third-order valence-electron chi connectivity index (χ3n) is 3.01. The Labute approximate surface area is 103 Å². The summed E-state index contributed by atoms with van der Waals surface area (Å²) in [5.41, 5.74) is 2.24. The third kappa shape index (κ3) is 2.72. The fourth-order valence-corrected chi connectivity index (χ4v) is 2.07. The Morgan fingerprint density at radius 3 is 2.18 bits per heavy atom. The summed E-state index contributed by atoms with van der Waals surface area (Å²) in [6.45, 7) is 6.36. The Hall–Kier alpha value is -1.22. The van der Waals surface area contributed by atoms with E-state index in [4.69, 9.17) is 9.47 Å². The lowest BCUT2D eigenvalue weighted by Gasteiger charge is -2.22. The predicted octanol–water partition coefficient (Wildman–Crippen LogP) is 2.92. The molecular formula is C14H22O3. The first kappa shape index (κ1) is 13.8. The first-order chi connectivity index (χ1) is 8.06. The Morgan fingerprint density at radius 2 is 1.76 bits per heavy atom. The molecule has 0 saturated heterocycles. The van der Waals surface area contributed by atoms with Crippen molar-refractivity contribution in [3.8, 4) is 11.5 Å². The molecule has 1 aromatic carbocycles. The average Bonchev–Trinajstić information content (AvgIpc) is 2.35. The maximum absolute atomic E-state index is 9.38. The molecule has 0 saturated carbocycles. The minimum Gasteiger partial charge on any atom is -0.493 e. The van der Waals surface area contributed by atoms with Crippen LogP contribution in [0, 0.1) is 0 Å². The second-order valence-electron chi connectivity index (χ2n) is 4.54. The van der Waals surface area contributed by atoms with Crippen LogP contribution in [-0.2, 0) is 0 Å². The molecule has 0 aliphatic heterocycles. The summed E-state index contributed by atoms with van der Waals surface area (Å²) in [5.74, 6) is 1.88. The molecule has 0 heterocycles. The fraction of sp³-hybridized carbons (Fsp3) is 0.571. The normalized spacial score (nSPS) is 12.6. The van der Waals surface area contributed by atoms with E-state index in [-0.39, 0.29) is 12.5 Å². The second kappa shape index (κ2) is 5.92. The predicted molar refractivity (Wildman–Crippen MR) is 69.1 cm³/mol. The smallest absolute Gasteiger partial charge is 0.164 e. The van der Waals surface area contributed by atoms with Crippen LogP contribution < -0.4 is 9.47 Å². The lowest BCUT2D eigenvalue weighted by atomic mass is 9.89. The monoisotopic (exact) mass is 238 g/mol. The van der Waals surface area contributed by atoms with Crippen LogP contribution in [-0.4, -0.2) is 25.9 Å². The molecule has 0 spiro atoms. The quantitative estimate of drug-likeness (QED) is 0.857. The first-order valence-corrected chi connectivity index (χ1v) is 5.92. The highest BCUT2D eigenvalue weighted by atomic mass is 16.5. The number of ether oxygens (including phenoxy) is 2. The van der Waals surface area contributed by atoms with E-state index in [0.29, 0.717) is 11.7 Å². The van der Waals surface area contributed by atoms with E-state index in [2.05, 4.69) is 13.8 Å². The highest BCUT2D eigenvalue weighted by Gasteiger charge is 2.20. The van der Waals surface area contributed by atoms with E-state index in [0.717, 1.165) is 11.3 Å². The van der Waals surface area contributed by atoms with Gasteiger partial charge >= 0.3 is 0 Å². The average molecular weight is 238 g/mol. The van der Waals surface area contributed by atoms with Gasteiger partial charge in [0.15, 0.2) is 11.5 Å². The summed E-state index contributed by atoms with van der Waals surface area (Å²) in [6, 6.07) is 3.97. The molecule has 3 heteroatoms. The molecule has 3 nitrogen and oxygen atoms in total. The zero-order valence-electron chi connectivity index (χ0n) is 11.3. The minimum atomic E-state index is 0.0393. The van der Waals surface area contributed by atoms with Gasteiger partial charge in [0.25, 0.3) is 0 Å². The SMILES string of the molecule is COc1ccc(C(C)C)c(C(C)CO)c1OC. The van der Waals surface area contributed by atoms with E-state index in [9.17, 15) is 5.11 Å². The van der Waals surface area contributed by atoms with Crippen molar-refractivity contribution in [1.29, 1.82) is 0 Å². The van der Waals surface area contributed by atoms with Crippen LogP contribution in [0.4, 0.5) is 0 Å². The lowest BCUT2D eigenvalue weighted by molar-refractivity contribution is 0.267. The Balaban J connectivity index is 3.44. The standard InChI is InChI=1S/C14H22O3/c1-9(2)11-6-7-12(16-4)14(17-5)13(11)10(3)8-15/h6-7,9-10,15H,8H2,1-5H3. The first-order valence-electron chi connectivity index (χ1n) is 5.92. The van der Waals surface area contributed by atoms with Gasteiger partial charge in [-0.1, -0.05) is 26.8 Å². The summed E-state index contributed by atoms with van der Waals surface area (Å²) in [4.78, 5) is 0. The van der Waals surface area contributed by atoms with Crippen LogP contribution in [0.5, 0.6) is 11.5 Å². The summed E-state index contributed by atoms with van der Waals surface area (Å²) in [7, 11) is 3.26. The molecule has 17 heavy (non-hydrogen) atoms. The van der Waals surface area contributed by atoms with Crippen LogP contribution in [0.3, 0.4) is 0 Å². The van der Waals surface area contributed by atoms with Crippen molar-refractivity contribution in [3.05, 3.63) is 23.3 Å². The number of aliphatic hydroxyl groups is 1. The summed E-state index contributed by atoms with van der Waals surface area (Å²) in [6.07, 6.45) is 0. The van der Waals surface area contributed by atoms with Crippen molar-refractivity contribution >= 4 is 0 Å². The Bertz CT molecular complexity index is 372. The summed E-state index contributed by atoms with van der Waals surface area (Å²) in [5, 5.41) is 9.38. The molecule has 0 fully saturated rings. The molecule has 96 valence electrons. The number of aliphatic hydroxyl groups excluding tert-OH is 1. The van der Waals surface area contributed by atoms with E-state index in [1.807, 2.05) is 19.1 Å². The number of rotatable bonds is 5. The Kier molecular flexibility index (Phi) is 4.82. The van der Waals surface area contributed by atoms with Crippen molar-refractivity contribution in [2.75, 3.05) is 20.8 Å². The van der Waals surface area contributed by atoms with Gasteiger partial charge in [0, 0.05) is 18.1 Å². The number of benzene rings is 1. The van der Waals surface area contributed by atoms with E-state index in [1.165, 1.54) is 5.56 Å². The molecular weight excluding hydrogens is 216 g/mol. The molecule has 0 bridgehead atoms. The summed E-state index contributed by atoms with van der Waals surface area (Å²) >= 11 is 0. The molecule has 1 aromatic rings. The molecule has 0 aromatic heterocycles. The third-order valence-corrected chi connectivity index (χ3v) is 3.01. The second-order valence-corrected chi connectivity index (χ2v) is 4.54. The number of methoxy groups -OCH3 is 2. The fourth-order valence-electron chi connectivity index (χ4n) is 2.07. The maximum Gasteiger partial charge on any atom is 0.164 e. The Morgan fingerprint density at radius 1 is 1.12 bits per heavy atom. The van der Waals surface area contributed by atoms with Crippen molar-refractivity contribution in [2.45, 2.75) is 32.6 Å². The van der Waals surface area contributed by atoms with Crippen molar-refractivity contribution in [2.24, 2.45) is 0 Å². The van der Waals surface area contributed by atoms with Crippen LogP contribution in [0.2, 0.25) is 0 Å². The van der Waals surface area contributed by atoms with Gasteiger partial charge in [-0.3, -0.25) is 0 Å². The zero-order chi connectivity index (χ0) is 13.0. The molecule has 1 atom stereocenters. The lowest BCUT2D eigenvalue weighted by Crippen LogP contribution is -2.08. The van der Waals surface area contributed by atoms with Crippen LogP contribution in [0.15, 0.2) is 12.1 Å². The van der Waals surface area contributed by atoms with E-state index in [1.54, 1.807) is 14.2 Å². The number of hydrogen-bond acceptors (Lipinski definition) is 3. The van der Waals surface area contributed by atoms with Crippen LogP contribution in [0.1, 0.15) is 43.7 Å². The highest BCUT2D eigenvalue weighted by molar-refractivity contribution is 5.53. The topological polar surface area (TPSA) is 38.7 Å². The highest BCUT2D eigenvalue weighted by Crippen LogP contribution is 2.40. The van der Waals surface area contributed by atoms with E-state index < -0.39 is 0 Å². The summed E-state index contributed by atoms with van der Waals surface area (Å²) < 4.78 is 10.7. The van der Waals surface area contributed by atoms with E-state index >= 15 is 0 Å². The van der Waals surface area contributed by atoms with Gasteiger partial charge in [-0.05, 0) is 17.5 Å². The van der Waals surface area contributed by atoms with Crippen molar-refractivity contribution < 1.29 is 14.6 Å². The maximum atomic E-state index is 9.38. The molecule has 0 amide bonds.